The zero-order valence-electron chi connectivity index (χ0n) is 10.1. The fourth-order valence-electron chi connectivity index (χ4n) is 2.60. The second-order valence-corrected chi connectivity index (χ2v) is 6.83. The monoisotopic (exact) mass is 310 g/mol. The van der Waals surface area contributed by atoms with E-state index in [0.29, 0.717) is 16.1 Å². The average Bonchev–Trinajstić information content (AvgIpc) is 3.04. The van der Waals surface area contributed by atoms with Crippen molar-refractivity contribution in [1.29, 1.82) is 0 Å². The molecular formula is C14H12Cl2N2S. The molecule has 3 aliphatic rings. The van der Waals surface area contributed by atoms with E-state index in [0.717, 1.165) is 23.2 Å². The molecule has 2 heterocycles. The van der Waals surface area contributed by atoms with Crippen LogP contribution < -0.4 is 0 Å². The van der Waals surface area contributed by atoms with Gasteiger partial charge >= 0.3 is 0 Å². The Morgan fingerprint density at radius 2 is 2.05 bits per heavy atom. The number of nitrogens with zero attached hydrogens (tertiary/aromatic N) is 2. The van der Waals surface area contributed by atoms with Crippen LogP contribution >= 0.6 is 35.0 Å². The highest BCUT2D eigenvalue weighted by Crippen LogP contribution is 2.43. The Morgan fingerprint density at radius 3 is 2.79 bits per heavy atom. The largest absolute Gasteiger partial charge is 0.318 e. The number of hydrogen-bond donors (Lipinski definition) is 0. The molecule has 0 radical (unpaired) electrons. The van der Waals surface area contributed by atoms with E-state index in [-0.39, 0.29) is 0 Å². The third-order valence-electron chi connectivity index (χ3n) is 3.83. The van der Waals surface area contributed by atoms with Crippen molar-refractivity contribution >= 4 is 45.8 Å². The van der Waals surface area contributed by atoms with Crippen LogP contribution in [-0.2, 0) is 0 Å². The third kappa shape index (κ3) is 2.08. The molecule has 0 amide bonds. The van der Waals surface area contributed by atoms with Crippen molar-refractivity contribution in [2.45, 2.75) is 18.9 Å². The summed E-state index contributed by atoms with van der Waals surface area (Å²) in [7, 11) is 0. The molecule has 1 aliphatic carbocycles. The van der Waals surface area contributed by atoms with Gasteiger partial charge in [-0.1, -0.05) is 41.0 Å². The fourth-order valence-corrected chi connectivity index (χ4v) is 3.87. The van der Waals surface area contributed by atoms with Crippen molar-refractivity contribution in [1.82, 2.24) is 4.90 Å². The summed E-state index contributed by atoms with van der Waals surface area (Å²) in [6.07, 6.45) is 2.68. The topological polar surface area (TPSA) is 15.6 Å². The SMILES string of the molecule is Clc1ccc(C2=CSC3=NC(C4CC4)CN23)cc1Cl. The molecule has 4 rings (SSSR count). The molecule has 1 saturated carbocycles. The van der Waals surface area contributed by atoms with Crippen LogP contribution in [0.2, 0.25) is 10.0 Å². The van der Waals surface area contributed by atoms with Gasteiger partial charge in [0.1, 0.15) is 0 Å². The Balaban J connectivity index is 1.62. The summed E-state index contributed by atoms with van der Waals surface area (Å²) in [6, 6.07) is 6.31. The van der Waals surface area contributed by atoms with Gasteiger partial charge in [0.25, 0.3) is 0 Å². The number of rotatable bonds is 2. The predicted molar refractivity (Wildman–Crippen MR) is 82.7 cm³/mol. The number of hydrogen-bond acceptors (Lipinski definition) is 3. The molecular weight excluding hydrogens is 299 g/mol. The molecule has 1 fully saturated rings. The number of benzene rings is 1. The fraction of sp³-hybridized carbons (Fsp3) is 0.357. The summed E-state index contributed by atoms with van der Waals surface area (Å²) in [4.78, 5) is 7.13. The zero-order chi connectivity index (χ0) is 13.0. The standard InChI is InChI=1S/C14H12Cl2N2S/c15-10-4-3-9(5-11(10)16)13-7-19-14-17-12(6-18(13)14)8-1-2-8/h3-5,7-8,12H,1-2,6H2. The molecule has 0 N–H and O–H groups in total. The highest BCUT2D eigenvalue weighted by atomic mass is 35.5. The normalized spacial score (nSPS) is 25.4. The molecule has 1 aromatic carbocycles. The van der Waals surface area contributed by atoms with E-state index < -0.39 is 0 Å². The first kappa shape index (κ1) is 12.1. The van der Waals surface area contributed by atoms with Gasteiger partial charge < -0.3 is 4.90 Å². The molecule has 1 atom stereocenters. The van der Waals surface area contributed by atoms with E-state index in [1.807, 2.05) is 18.2 Å². The van der Waals surface area contributed by atoms with Gasteiger partial charge in [-0.15, -0.1) is 0 Å². The first-order valence-electron chi connectivity index (χ1n) is 6.40. The number of amidine groups is 1. The van der Waals surface area contributed by atoms with Crippen LogP contribution in [0.5, 0.6) is 0 Å². The molecule has 0 spiro atoms. The average molecular weight is 311 g/mol. The smallest absolute Gasteiger partial charge is 0.168 e. The summed E-state index contributed by atoms with van der Waals surface area (Å²) in [5.74, 6) is 0.814. The second-order valence-electron chi connectivity index (χ2n) is 5.18. The lowest BCUT2D eigenvalue weighted by Gasteiger charge is -2.18. The molecule has 2 nitrogen and oxygen atoms in total. The number of thioether (sulfide) groups is 1. The Hall–Kier alpha value is -0.640. The van der Waals surface area contributed by atoms with Gasteiger partial charge in [0.05, 0.1) is 21.8 Å². The van der Waals surface area contributed by atoms with E-state index >= 15 is 0 Å². The van der Waals surface area contributed by atoms with Crippen LogP contribution in [0.3, 0.4) is 0 Å². The van der Waals surface area contributed by atoms with Crippen molar-refractivity contribution < 1.29 is 0 Å². The van der Waals surface area contributed by atoms with Gasteiger partial charge in [0, 0.05) is 17.5 Å². The summed E-state index contributed by atoms with van der Waals surface area (Å²) >= 11 is 13.8. The van der Waals surface area contributed by atoms with Crippen molar-refractivity contribution in [3.05, 3.63) is 39.2 Å². The summed E-state index contributed by atoms with van der Waals surface area (Å²) in [5.41, 5.74) is 2.31. The maximum Gasteiger partial charge on any atom is 0.168 e. The second kappa shape index (κ2) is 4.44. The van der Waals surface area contributed by atoms with Crippen LogP contribution in [0.25, 0.3) is 5.70 Å². The lowest BCUT2D eigenvalue weighted by molar-refractivity contribution is 0.521. The van der Waals surface area contributed by atoms with Crippen molar-refractivity contribution in [3.8, 4) is 0 Å². The van der Waals surface area contributed by atoms with E-state index in [2.05, 4.69) is 10.3 Å². The zero-order valence-corrected chi connectivity index (χ0v) is 12.5. The lowest BCUT2D eigenvalue weighted by atomic mass is 10.1. The Bertz CT molecular complexity index is 607. The van der Waals surface area contributed by atoms with E-state index in [4.69, 9.17) is 28.2 Å². The van der Waals surface area contributed by atoms with E-state index in [1.165, 1.54) is 18.5 Å². The molecule has 5 heteroatoms. The number of fused-ring (bicyclic) bond motifs is 1. The van der Waals surface area contributed by atoms with Gasteiger partial charge in [-0.3, -0.25) is 4.99 Å². The Labute approximate surface area is 126 Å². The van der Waals surface area contributed by atoms with Crippen LogP contribution in [-0.4, -0.2) is 22.7 Å². The Kier molecular flexibility index (Phi) is 2.83. The van der Waals surface area contributed by atoms with Crippen molar-refractivity contribution in [3.63, 3.8) is 0 Å². The quantitative estimate of drug-likeness (QED) is 0.800. The summed E-state index contributed by atoms with van der Waals surface area (Å²) in [6.45, 7) is 1.01. The van der Waals surface area contributed by atoms with Gasteiger partial charge in [0.2, 0.25) is 0 Å². The van der Waals surface area contributed by atoms with Crippen LogP contribution in [0.15, 0.2) is 28.6 Å². The maximum atomic E-state index is 6.11. The lowest BCUT2D eigenvalue weighted by Crippen LogP contribution is -2.24. The number of aliphatic imine (C=N–C) groups is 1. The minimum Gasteiger partial charge on any atom is -0.318 e. The maximum absolute atomic E-state index is 6.11. The summed E-state index contributed by atoms with van der Waals surface area (Å²) in [5, 5.41) is 4.50. The predicted octanol–water partition coefficient (Wildman–Crippen LogP) is 4.49. The Morgan fingerprint density at radius 1 is 1.21 bits per heavy atom. The van der Waals surface area contributed by atoms with Crippen molar-refractivity contribution in [2.24, 2.45) is 10.9 Å². The van der Waals surface area contributed by atoms with Crippen molar-refractivity contribution in [2.75, 3.05) is 6.54 Å². The highest BCUT2D eigenvalue weighted by Gasteiger charge is 2.40. The minimum absolute atomic E-state index is 0.494. The van der Waals surface area contributed by atoms with E-state index in [9.17, 15) is 0 Å². The first-order valence-corrected chi connectivity index (χ1v) is 8.03. The van der Waals surface area contributed by atoms with Gasteiger partial charge in [0.15, 0.2) is 5.17 Å². The van der Waals surface area contributed by atoms with Gasteiger partial charge in [-0.25, -0.2) is 0 Å². The molecule has 0 aromatic heterocycles. The molecule has 1 aromatic rings. The third-order valence-corrected chi connectivity index (χ3v) is 5.44. The molecule has 98 valence electrons. The van der Waals surface area contributed by atoms with Crippen LogP contribution in [0, 0.1) is 5.92 Å². The number of halogens is 2. The van der Waals surface area contributed by atoms with E-state index in [1.54, 1.807) is 11.8 Å². The molecule has 1 unspecified atom stereocenters. The highest BCUT2D eigenvalue weighted by molar-refractivity contribution is 8.16. The molecule has 19 heavy (non-hydrogen) atoms. The van der Waals surface area contributed by atoms with Crippen LogP contribution in [0.4, 0.5) is 0 Å². The first-order chi connectivity index (χ1) is 9.22. The van der Waals surface area contributed by atoms with Gasteiger partial charge in [-0.05, 0) is 30.9 Å². The van der Waals surface area contributed by atoms with Crippen LogP contribution in [0.1, 0.15) is 18.4 Å². The minimum atomic E-state index is 0.494. The molecule has 0 saturated heterocycles. The van der Waals surface area contributed by atoms with Gasteiger partial charge in [-0.2, -0.15) is 0 Å². The summed E-state index contributed by atoms with van der Waals surface area (Å²) < 4.78 is 0. The molecule has 0 bridgehead atoms. The molecule has 2 aliphatic heterocycles.